The van der Waals surface area contributed by atoms with Gasteiger partial charge in [0.25, 0.3) is 5.91 Å². The SMILES string of the molecule is CC[C@@H](NC(=O)C(CC(=O)N1CCOCC1)CS(C)(=O)=O)C(=O)C(=O)NCc1ccccc1.c1ccccc1. The zero-order valence-electron chi connectivity index (χ0n) is 22.4. The van der Waals surface area contributed by atoms with E-state index in [2.05, 4.69) is 10.6 Å². The van der Waals surface area contributed by atoms with Crippen molar-refractivity contribution in [1.29, 1.82) is 0 Å². The van der Waals surface area contributed by atoms with E-state index < -0.39 is 45.1 Å². The number of carbonyl (C=O) groups is 4. The molecule has 0 aliphatic carbocycles. The lowest BCUT2D eigenvalue weighted by molar-refractivity contribution is -0.141. The molecule has 0 saturated carbocycles. The standard InChI is InChI=1S/C22H31N3O7S.C6H6/c1-3-18(20(27)22(29)23-14-16-7-5-4-6-8-16)24-21(28)17(15-33(2,30)31)13-19(26)25-9-11-32-12-10-25;1-2-4-6-5-3-1/h4-8,17-18H,3,9-15H2,1-2H3,(H,23,29)(H,24,28);1-6H/t17?,18-;/m1./s1. The number of benzene rings is 2. The van der Waals surface area contributed by atoms with Crippen LogP contribution < -0.4 is 10.6 Å². The van der Waals surface area contributed by atoms with E-state index in [1.165, 1.54) is 4.90 Å². The molecule has 2 aromatic rings. The van der Waals surface area contributed by atoms with E-state index in [1.807, 2.05) is 42.5 Å². The fraction of sp³-hybridized carbons (Fsp3) is 0.429. The van der Waals surface area contributed by atoms with Gasteiger partial charge < -0.3 is 20.3 Å². The zero-order valence-corrected chi connectivity index (χ0v) is 23.2. The number of amides is 3. The monoisotopic (exact) mass is 559 g/mol. The van der Waals surface area contributed by atoms with Crippen LogP contribution in [0.1, 0.15) is 25.3 Å². The van der Waals surface area contributed by atoms with Crippen LogP contribution in [0.3, 0.4) is 0 Å². The highest BCUT2D eigenvalue weighted by Gasteiger charge is 2.32. The third-order valence-corrected chi connectivity index (χ3v) is 6.89. The largest absolute Gasteiger partial charge is 0.378 e. The molecule has 0 spiro atoms. The van der Waals surface area contributed by atoms with Gasteiger partial charge in [-0.2, -0.15) is 0 Å². The van der Waals surface area contributed by atoms with Gasteiger partial charge in [0.2, 0.25) is 17.6 Å². The van der Waals surface area contributed by atoms with Crippen LogP contribution in [0.15, 0.2) is 66.7 Å². The Kier molecular flexibility index (Phi) is 13.3. The summed E-state index contributed by atoms with van der Waals surface area (Å²) in [6.07, 6.45) is 0.794. The number of rotatable bonds is 11. The molecule has 1 heterocycles. The molecule has 2 N–H and O–H groups in total. The molecule has 3 amide bonds. The average molecular weight is 560 g/mol. The number of hydrogen-bond donors (Lipinski definition) is 2. The van der Waals surface area contributed by atoms with E-state index >= 15 is 0 Å². The van der Waals surface area contributed by atoms with Gasteiger partial charge in [0.15, 0.2) is 0 Å². The zero-order chi connectivity index (χ0) is 28.7. The Morgan fingerprint density at radius 1 is 0.923 bits per heavy atom. The van der Waals surface area contributed by atoms with Gasteiger partial charge in [-0.15, -0.1) is 0 Å². The van der Waals surface area contributed by atoms with Gasteiger partial charge in [-0.1, -0.05) is 73.7 Å². The maximum Gasteiger partial charge on any atom is 0.289 e. The fourth-order valence-electron chi connectivity index (χ4n) is 3.80. The Labute approximate surface area is 230 Å². The van der Waals surface area contributed by atoms with E-state index in [1.54, 1.807) is 31.2 Å². The van der Waals surface area contributed by atoms with Gasteiger partial charge in [0.1, 0.15) is 9.84 Å². The van der Waals surface area contributed by atoms with Crippen molar-refractivity contribution in [2.45, 2.75) is 32.4 Å². The first-order valence-corrected chi connectivity index (χ1v) is 14.9. The molecule has 212 valence electrons. The lowest BCUT2D eigenvalue weighted by atomic mass is 10.0. The number of sulfone groups is 1. The predicted molar refractivity (Wildman–Crippen MR) is 147 cm³/mol. The first-order valence-electron chi connectivity index (χ1n) is 12.8. The Morgan fingerprint density at radius 3 is 1.97 bits per heavy atom. The van der Waals surface area contributed by atoms with Gasteiger partial charge >= 0.3 is 0 Å². The van der Waals surface area contributed by atoms with Gasteiger partial charge in [-0.05, 0) is 12.0 Å². The first-order chi connectivity index (χ1) is 18.6. The lowest BCUT2D eigenvalue weighted by Crippen LogP contribution is -2.50. The summed E-state index contributed by atoms with van der Waals surface area (Å²) in [5.41, 5.74) is 0.811. The number of Topliss-reactive ketones (excluding diaryl/α,β-unsaturated/α-hetero) is 1. The molecule has 0 radical (unpaired) electrons. The second-order valence-electron chi connectivity index (χ2n) is 9.14. The third-order valence-electron chi connectivity index (χ3n) is 5.89. The minimum atomic E-state index is -3.58. The average Bonchev–Trinajstić information content (AvgIpc) is 2.95. The molecular weight excluding hydrogens is 522 g/mol. The van der Waals surface area contributed by atoms with Gasteiger partial charge in [0.05, 0.1) is 30.9 Å². The van der Waals surface area contributed by atoms with Crippen molar-refractivity contribution in [2.75, 3.05) is 38.3 Å². The highest BCUT2D eigenvalue weighted by atomic mass is 32.2. The molecule has 0 bridgehead atoms. The summed E-state index contributed by atoms with van der Waals surface area (Å²) >= 11 is 0. The smallest absolute Gasteiger partial charge is 0.289 e. The number of nitrogens with zero attached hydrogens (tertiary/aromatic N) is 1. The minimum absolute atomic E-state index is 0.131. The summed E-state index contributed by atoms with van der Waals surface area (Å²) in [5.74, 6) is -4.51. The minimum Gasteiger partial charge on any atom is -0.378 e. The fourth-order valence-corrected chi connectivity index (χ4v) is 4.80. The summed E-state index contributed by atoms with van der Waals surface area (Å²) in [4.78, 5) is 51.8. The summed E-state index contributed by atoms with van der Waals surface area (Å²) < 4.78 is 28.9. The van der Waals surface area contributed by atoms with Crippen molar-refractivity contribution in [1.82, 2.24) is 15.5 Å². The van der Waals surface area contributed by atoms with Crippen LogP contribution in [0.25, 0.3) is 0 Å². The Morgan fingerprint density at radius 2 is 1.46 bits per heavy atom. The van der Waals surface area contributed by atoms with Crippen LogP contribution >= 0.6 is 0 Å². The molecule has 2 atom stereocenters. The second-order valence-corrected chi connectivity index (χ2v) is 11.3. The van der Waals surface area contributed by atoms with E-state index in [4.69, 9.17) is 4.74 Å². The van der Waals surface area contributed by atoms with E-state index in [0.717, 1.165) is 11.8 Å². The molecule has 1 saturated heterocycles. The molecule has 0 aromatic heterocycles. The summed E-state index contributed by atoms with van der Waals surface area (Å²) in [5, 5.41) is 4.99. The normalized spacial score (nSPS) is 14.7. The number of hydrogen-bond acceptors (Lipinski definition) is 7. The molecule has 11 heteroatoms. The number of ketones is 1. The van der Waals surface area contributed by atoms with Gasteiger partial charge in [-0.3, -0.25) is 19.2 Å². The molecule has 10 nitrogen and oxygen atoms in total. The molecule has 1 fully saturated rings. The second kappa shape index (κ2) is 16.4. The Bertz CT molecular complexity index is 1140. The highest BCUT2D eigenvalue weighted by Crippen LogP contribution is 2.12. The third kappa shape index (κ3) is 12.2. The van der Waals surface area contributed by atoms with Gasteiger partial charge in [-0.25, -0.2) is 8.42 Å². The maximum absolute atomic E-state index is 12.9. The number of nitrogens with one attached hydrogen (secondary N) is 2. The van der Waals surface area contributed by atoms with Crippen LogP contribution in [0.4, 0.5) is 0 Å². The van der Waals surface area contributed by atoms with Crippen LogP contribution in [-0.4, -0.2) is 81.2 Å². The highest BCUT2D eigenvalue weighted by molar-refractivity contribution is 7.90. The van der Waals surface area contributed by atoms with Crippen LogP contribution in [0, 0.1) is 5.92 Å². The van der Waals surface area contributed by atoms with E-state index in [-0.39, 0.29) is 25.3 Å². The topological polar surface area (TPSA) is 139 Å². The van der Waals surface area contributed by atoms with Crippen molar-refractivity contribution < 1.29 is 32.3 Å². The molecule has 1 aliphatic heterocycles. The number of morpholine rings is 1. The van der Waals surface area contributed by atoms with Crippen LogP contribution in [-0.2, 0) is 40.3 Å². The number of carbonyl (C=O) groups excluding carboxylic acids is 4. The van der Waals surface area contributed by atoms with Gasteiger partial charge in [0, 0.05) is 32.3 Å². The Balaban J connectivity index is 0.000000780. The predicted octanol–water partition coefficient (Wildman–Crippen LogP) is 1.36. The van der Waals surface area contributed by atoms with Crippen molar-refractivity contribution in [3.05, 3.63) is 72.3 Å². The van der Waals surface area contributed by atoms with Crippen LogP contribution in [0.5, 0.6) is 0 Å². The van der Waals surface area contributed by atoms with Crippen molar-refractivity contribution in [2.24, 2.45) is 5.92 Å². The Hall–Kier alpha value is -3.57. The van der Waals surface area contributed by atoms with Crippen molar-refractivity contribution in [3.8, 4) is 0 Å². The quantitative estimate of drug-likeness (QED) is 0.397. The summed E-state index contributed by atoms with van der Waals surface area (Å²) in [6.45, 7) is 3.25. The van der Waals surface area contributed by atoms with Crippen molar-refractivity contribution in [3.63, 3.8) is 0 Å². The van der Waals surface area contributed by atoms with E-state index in [9.17, 15) is 27.6 Å². The molecule has 2 aromatic carbocycles. The molecule has 1 aliphatic rings. The summed E-state index contributed by atoms with van der Waals surface area (Å²) in [6, 6.07) is 19.9. The first kappa shape index (κ1) is 31.6. The van der Waals surface area contributed by atoms with Crippen LogP contribution in [0.2, 0.25) is 0 Å². The van der Waals surface area contributed by atoms with E-state index in [0.29, 0.717) is 26.3 Å². The van der Waals surface area contributed by atoms with Crippen molar-refractivity contribution >= 4 is 33.3 Å². The molecule has 1 unspecified atom stereocenters. The lowest BCUT2D eigenvalue weighted by Gasteiger charge is -2.28. The molecule has 3 rings (SSSR count). The number of ether oxygens (including phenoxy) is 1. The summed E-state index contributed by atoms with van der Waals surface area (Å²) in [7, 11) is -3.58. The molecule has 39 heavy (non-hydrogen) atoms. The maximum atomic E-state index is 12.9. The molecular formula is C28H37N3O7S.